The highest BCUT2D eigenvalue weighted by molar-refractivity contribution is 7.92. The van der Waals surface area contributed by atoms with Gasteiger partial charge in [-0.15, -0.1) is 6.42 Å². The van der Waals surface area contributed by atoms with Crippen molar-refractivity contribution in [1.29, 1.82) is 0 Å². The van der Waals surface area contributed by atoms with E-state index in [1.54, 1.807) is 34.9 Å². The minimum absolute atomic E-state index is 0.160. The van der Waals surface area contributed by atoms with Gasteiger partial charge in [0.2, 0.25) is 5.91 Å². The summed E-state index contributed by atoms with van der Waals surface area (Å²) in [6.07, 6.45) is 6.10. The molecule has 0 radical (unpaired) electrons. The monoisotopic (exact) mass is 487 g/mol. The number of para-hydroxylation sites is 1. The van der Waals surface area contributed by atoms with Crippen molar-refractivity contribution in [2.75, 3.05) is 23.0 Å². The first kappa shape index (κ1) is 22.3. The lowest BCUT2D eigenvalue weighted by Gasteiger charge is -2.17. The highest BCUT2D eigenvalue weighted by atomic mass is 35.5. The molecule has 1 aliphatic heterocycles. The third kappa shape index (κ3) is 4.63. The van der Waals surface area contributed by atoms with E-state index in [9.17, 15) is 18.0 Å². The molecule has 0 saturated heterocycles. The van der Waals surface area contributed by atoms with E-state index in [1.165, 1.54) is 16.2 Å². The second-order valence-corrected chi connectivity index (χ2v) is 10.8. The van der Waals surface area contributed by atoms with E-state index in [-0.39, 0.29) is 11.3 Å². The van der Waals surface area contributed by atoms with Gasteiger partial charge >= 0.3 is 0 Å². The molecule has 7 nitrogen and oxygen atoms in total. The molecule has 3 aromatic rings. The molecule has 0 unspecified atom stereocenters. The first-order valence-electron chi connectivity index (χ1n) is 9.66. The number of aromatic nitrogens is 1. The van der Waals surface area contributed by atoms with Gasteiger partial charge in [0, 0.05) is 17.3 Å². The lowest BCUT2D eigenvalue weighted by atomic mass is 10.2. The highest BCUT2D eigenvalue weighted by Crippen LogP contribution is 2.27. The van der Waals surface area contributed by atoms with E-state index in [0.29, 0.717) is 23.7 Å². The molecule has 0 aliphatic carbocycles. The van der Waals surface area contributed by atoms with Crippen LogP contribution in [0.4, 0.5) is 5.69 Å². The molecule has 2 aromatic carbocycles. The molecule has 0 saturated carbocycles. The Morgan fingerprint density at radius 1 is 1.19 bits per heavy atom. The minimum atomic E-state index is -4.00. The number of hydrogen-bond acceptors (Lipinski definition) is 5. The Labute approximate surface area is 193 Å². The molecule has 4 rings (SSSR count). The largest absolute Gasteiger partial charge is 0.311 e. The number of sulfone groups is 1. The number of carbonyl (C=O) groups excluding carboxylic acids is 2. The van der Waals surface area contributed by atoms with Gasteiger partial charge in [-0.2, -0.15) is 4.99 Å². The van der Waals surface area contributed by atoms with Crippen molar-refractivity contribution >= 4 is 60.5 Å². The Morgan fingerprint density at radius 2 is 1.97 bits per heavy atom. The summed E-state index contributed by atoms with van der Waals surface area (Å²) in [6, 6.07) is 12.5. The maximum absolute atomic E-state index is 12.6. The topological polar surface area (TPSA) is 88.8 Å². The van der Waals surface area contributed by atoms with Gasteiger partial charge in [-0.3, -0.25) is 9.59 Å². The smallest absolute Gasteiger partial charge is 0.263 e. The van der Waals surface area contributed by atoms with Crippen LogP contribution in [-0.2, 0) is 32.4 Å². The van der Waals surface area contributed by atoms with Crippen molar-refractivity contribution < 1.29 is 18.0 Å². The van der Waals surface area contributed by atoms with Crippen LogP contribution in [0.2, 0.25) is 5.02 Å². The predicted molar refractivity (Wildman–Crippen MR) is 125 cm³/mol. The zero-order valence-electron chi connectivity index (χ0n) is 16.8. The Bertz CT molecular complexity index is 1450. The van der Waals surface area contributed by atoms with Gasteiger partial charge in [0.15, 0.2) is 14.6 Å². The van der Waals surface area contributed by atoms with Gasteiger partial charge < -0.3 is 9.47 Å². The molecule has 1 aliphatic rings. The Balaban J connectivity index is 1.54. The fourth-order valence-electron chi connectivity index (χ4n) is 3.62. The van der Waals surface area contributed by atoms with E-state index in [2.05, 4.69) is 10.9 Å². The quantitative estimate of drug-likeness (QED) is 0.517. The molecule has 2 heterocycles. The molecule has 0 atom stereocenters. The number of amides is 2. The van der Waals surface area contributed by atoms with E-state index in [1.807, 2.05) is 12.1 Å². The van der Waals surface area contributed by atoms with Crippen molar-refractivity contribution in [3.05, 3.63) is 57.9 Å². The summed E-state index contributed by atoms with van der Waals surface area (Å²) in [5.74, 6) is -0.528. The van der Waals surface area contributed by atoms with Gasteiger partial charge in [0.1, 0.15) is 11.5 Å². The molecular formula is C22H18ClN3O4S2. The molecule has 2 amide bonds. The first-order chi connectivity index (χ1) is 15.3. The molecule has 1 aromatic heterocycles. The Kier molecular flexibility index (Phi) is 6.20. The third-order valence-electron chi connectivity index (χ3n) is 4.99. The number of nitrogens with zero attached hydrogens (tertiary/aromatic N) is 3. The van der Waals surface area contributed by atoms with Crippen molar-refractivity contribution in [3.63, 3.8) is 0 Å². The number of rotatable bonds is 5. The van der Waals surface area contributed by atoms with Crippen molar-refractivity contribution in [2.24, 2.45) is 4.99 Å². The highest BCUT2D eigenvalue weighted by Gasteiger charge is 2.29. The fourth-order valence-corrected chi connectivity index (χ4v) is 6.02. The second-order valence-electron chi connectivity index (χ2n) is 7.25. The summed E-state index contributed by atoms with van der Waals surface area (Å²) >= 11 is 7.21. The second kappa shape index (κ2) is 8.90. The van der Waals surface area contributed by atoms with E-state index in [4.69, 9.17) is 18.0 Å². The number of anilines is 1. The van der Waals surface area contributed by atoms with Crippen molar-refractivity contribution in [3.8, 4) is 12.3 Å². The zero-order valence-corrected chi connectivity index (χ0v) is 19.2. The van der Waals surface area contributed by atoms with Crippen LogP contribution in [0.25, 0.3) is 10.2 Å². The van der Waals surface area contributed by atoms with E-state index >= 15 is 0 Å². The van der Waals surface area contributed by atoms with Gasteiger partial charge in [-0.05, 0) is 36.2 Å². The van der Waals surface area contributed by atoms with Crippen molar-refractivity contribution in [2.45, 2.75) is 13.0 Å². The lowest BCUT2D eigenvalue weighted by molar-refractivity contribution is -0.116. The summed E-state index contributed by atoms with van der Waals surface area (Å²) in [7, 11) is -4.00. The maximum atomic E-state index is 12.6. The molecule has 10 heteroatoms. The van der Waals surface area contributed by atoms with Crippen molar-refractivity contribution in [1.82, 2.24) is 4.57 Å². The number of fused-ring (bicyclic) bond motifs is 2. The normalized spacial score (nSPS) is 13.9. The summed E-state index contributed by atoms with van der Waals surface area (Å²) in [6.45, 7) is 0.579. The molecule has 32 heavy (non-hydrogen) atoms. The molecule has 0 N–H and O–H groups in total. The third-order valence-corrected chi connectivity index (χ3v) is 7.64. The van der Waals surface area contributed by atoms with Crippen LogP contribution in [0.15, 0.2) is 47.5 Å². The van der Waals surface area contributed by atoms with Crippen LogP contribution < -0.4 is 9.70 Å². The van der Waals surface area contributed by atoms with Crippen LogP contribution in [0.1, 0.15) is 5.56 Å². The lowest BCUT2D eigenvalue weighted by Crippen LogP contribution is -2.36. The summed E-state index contributed by atoms with van der Waals surface area (Å²) in [4.78, 5) is 30.8. The molecule has 0 bridgehead atoms. The van der Waals surface area contributed by atoms with E-state index < -0.39 is 33.2 Å². The molecule has 0 spiro atoms. The average Bonchev–Trinajstić information content (AvgIpc) is 3.29. The number of carbonyl (C=O) groups is 2. The standard InChI is InChI=1S/C22H18ClN3O4S2/c1-2-10-26-18-8-7-16(23)12-19(18)31-22(26)24-20(27)13-32(29,30)14-21(28)25-11-9-15-5-3-4-6-17(15)25/h1,3-8,12H,9-11,13-14H2. The summed E-state index contributed by atoms with van der Waals surface area (Å²) in [5, 5.41) is 0.522. The average molecular weight is 488 g/mol. The Morgan fingerprint density at radius 3 is 2.75 bits per heavy atom. The van der Waals surface area contributed by atoms with Crippen LogP contribution in [0.5, 0.6) is 0 Å². The van der Waals surface area contributed by atoms with E-state index in [0.717, 1.165) is 15.8 Å². The minimum Gasteiger partial charge on any atom is -0.311 e. The van der Waals surface area contributed by atoms with Crippen LogP contribution in [0, 0.1) is 12.3 Å². The first-order valence-corrected chi connectivity index (χ1v) is 12.7. The van der Waals surface area contributed by atoms with Crippen LogP contribution in [0.3, 0.4) is 0 Å². The van der Waals surface area contributed by atoms with Gasteiger partial charge in [-0.25, -0.2) is 8.42 Å². The van der Waals surface area contributed by atoms with Crippen LogP contribution >= 0.6 is 22.9 Å². The summed E-state index contributed by atoms with van der Waals surface area (Å²) < 4.78 is 27.5. The number of terminal acetylenes is 1. The Hall–Kier alpha value is -2.93. The van der Waals surface area contributed by atoms with Gasteiger partial charge in [0.05, 0.1) is 16.8 Å². The molecular weight excluding hydrogens is 470 g/mol. The number of hydrogen-bond donors (Lipinski definition) is 0. The number of thiazole rings is 1. The zero-order chi connectivity index (χ0) is 22.9. The predicted octanol–water partition coefficient (Wildman–Crippen LogP) is 2.42. The molecule has 164 valence electrons. The van der Waals surface area contributed by atoms with Crippen LogP contribution in [-0.4, -0.2) is 42.8 Å². The molecule has 0 fully saturated rings. The van der Waals surface area contributed by atoms with Gasteiger partial charge in [-0.1, -0.05) is 47.1 Å². The number of halogens is 1. The van der Waals surface area contributed by atoms with Gasteiger partial charge in [0.25, 0.3) is 5.91 Å². The fraction of sp³-hybridized carbons (Fsp3) is 0.227. The maximum Gasteiger partial charge on any atom is 0.263 e. The summed E-state index contributed by atoms with van der Waals surface area (Å²) in [5.41, 5.74) is 2.45. The number of benzene rings is 2. The SMILES string of the molecule is C#CCn1c(=NC(=O)CS(=O)(=O)CC(=O)N2CCc3ccccc32)sc2cc(Cl)ccc21.